The van der Waals surface area contributed by atoms with Gasteiger partial charge < -0.3 is 9.36 Å². The van der Waals surface area contributed by atoms with Crippen molar-refractivity contribution in [3.8, 4) is 11.5 Å². The Bertz CT molecular complexity index is 492. The van der Waals surface area contributed by atoms with E-state index in [2.05, 4.69) is 22.2 Å². The van der Waals surface area contributed by atoms with Crippen LogP contribution in [-0.4, -0.2) is 16.4 Å². The zero-order valence-corrected chi connectivity index (χ0v) is 11.0. The Morgan fingerprint density at radius 1 is 1.37 bits per heavy atom. The topological polar surface area (TPSA) is 60.5 Å². The molecule has 0 amide bonds. The number of unbranched alkanes of at least 4 members (excludes halogenated alkanes) is 2. The summed E-state index contributed by atoms with van der Waals surface area (Å²) in [4.78, 5) is 9.47. The molecule has 0 aromatic carbocycles. The second-order valence-corrected chi connectivity index (χ2v) is 4.13. The summed E-state index contributed by atoms with van der Waals surface area (Å²) in [5, 5.41) is 7.54. The maximum atomic E-state index is 5.19. The molecule has 2 heterocycles. The molecular formula is C14H17N3O2. The average molecular weight is 259 g/mol. The van der Waals surface area contributed by atoms with Gasteiger partial charge in [-0.05, 0) is 18.9 Å². The highest BCUT2D eigenvalue weighted by Gasteiger charge is 2.03. The smallest absolute Gasteiger partial charge is 0.185 e. The fraction of sp³-hybridized carbons (Fsp3) is 0.357. The largest absolute Gasteiger partial charge is 0.391 e. The third-order valence-electron chi connectivity index (χ3n) is 2.58. The normalized spacial score (nSPS) is 11.0. The van der Waals surface area contributed by atoms with Gasteiger partial charge in [0.15, 0.2) is 5.76 Å². The standard InChI is InChI=1S/C14H17N3O2/c1-2-3-4-8-16-18-11-12-5-6-13(15-10-12)14-7-9-17-19-14/h5-10H,2-4,11H2,1H3/b16-8+. The zero-order valence-electron chi connectivity index (χ0n) is 11.0. The molecule has 2 aromatic rings. The van der Waals surface area contributed by atoms with Crippen molar-refractivity contribution in [1.82, 2.24) is 10.1 Å². The Hall–Kier alpha value is -2.17. The minimum absolute atomic E-state index is 0.423. The minimum atomic E-state index is 0.423. The van der Waals surface area contributed by atoms with E-state index in [0.717, 1.165) is 24.1 Å². The maximum absolute atomic E-state index is 5.19. The van der Waals surface area contributed by atoms with Crippen molar-refractivity contribution in [2.75, 3.05) is 0 Å². The molecule has 0 N–H and O–H groups in total. The molecule has 0 aliphatic heterocycles. The van der Waals surface area contributed by atoms with Gasteiger partial charge in [-0.1, -0.05) is 29.7 Å². The molecule has 0 fully saturated rings. The molecular weight excluding hydrogens is 242 g/mol. The molecule has 2 rings (SSSR count). The lowest BCUT2D eigenvalue weighted by molar-refractivity contribution is 0.131. The van der Waals surface area contributed by atoms with Crippen LogP contribution < -0.4 is 0 Å². The van der Waals surface area contributed by atoms with Gasteiger partial charge in [-0.15, -0.1) is 0 Å². The SMILES string of the molecule is CCCC/C=N/OCc1ccc(-c2ccno2)nc1. The van der Waals surface area contributed by atoms with Crippen molar-refractivity contribution in [1.29, 1.82) is 0 Å². The van der Waals surface area contributed by atoms with E-state index in [1.807, 2.05) is 12.1 Å². The number of nitrogens with zero attached hydrogens (tertiary/aromatic N) is 3. The molecule has 0 unspecified atom stereocenters. The summed E-state index contributed by atoms with van der Waals surface area (Å²) in [6, 6.07) is 5.59. The molecule has 5 nitrogen and oxygen atoms in total. The average Bonchev–Trinajstić information content (AvgIpc) is 2.97. The molecule has 5 heteroatoms. The Morgan fingerprint density at radius 3 is 3.00 bits per heavy atom. The summed E-state index contributed by atoms with van der Waals surface area (Å²) in [6.07, 6.45) is 8.41. The molecule has 0 aliphatic rings. The Morgan fingerprint density at radius 2 is 2.32 bits per heavy atom. The van der Waals surface area contributed by atoms with Crippen LogP contribution in [0.4, 0.5) is 0 Å². The van der Waals surface area contributed by atoms with Crippen molar-refractivity contribution >= 4 is 6.21 Å². The van der Waals surface area contributed by atoms with Gasteiger partial charge in [0.05, 0.1) is 6.20 Å². The van der Waals surface area contributed by atoms with Crippen molar-refractivity contribution in [2.45, 2.75) is 32.8 Å². The summed E-state index contributed by atoms with van der Waals surface area (Å²) < 4.78 is 5.03. The summed E-state index contributed by atoms with van der Waals surface area (Å²) in [7, 11) is 0. The van der Waals surface area contributed by atoms with Crippen LogP contribution >= 0.6 is 0 Å². The maximum Gasteiger partial charge on any atom is 0.185 e. The molecule has 0 radical (unpaired) electrons. The predicted molar refractivity (Wildman–Crippen MR) is 72.5 cm³/mol. The van der Waals surface area contributed by atoms with Crippen molar-refractivity contribution < 1.29 is 9.36 Å². The zero-order chi connectivity index (χ0) is 13.3. The summed E-state index contributed by atoms with van der Waals surface area (Å²) >= 11 is 0. The van der Waals surface area contributed by atoms with Gasteiger partial charge in [0, 0.05) is 24.0 Å². The minimum Gasteiger partial charge on any atom is -0.391 e. The predicted octanol–water partition coefficient (Wildman–Crippen LogP) is 3.43. The molecule has 0 atom stereocenters. The van der Waals surface area contributed by atoms with Gasteiger partial charge >= 0.3 is 0 Å². The first-order chi connectivity index (χ1) is 9.40. The number of hydrogen-bond acceptors (Lipinski definition) is 5. The van der Waals surface area contributed by atoms with Gasteiger partial charge in [-0.2, -0.15) is 0 Å². The first-order valence-electron chi connectivity index (χ1n) is 6.40. The monoisotopic (exact) mass is 259 g/mol. The van der Waals surface area contributed by atoms with Crippen LogP contribution in [0.15, 0.2) is 40.3 Å². The first kappa shape index (κ1) is 13.3. The summed E-state index contributed by atoms with van der Waals surface area (Å²) in [5.41, 5.74) is 1.73. The van der Waals surface area contributed by atoms with Crippen LogP contribution in [0.2, 0.25) is 0 Å². The van der Waals surface area contributed by atoms with E-state index >= 15 is 0 Å². The fourth-order valence-electron chi connectivity index (χ4n) is 1.52. The lowest BCUT2D eigenvalue weighted by Crippen LogP contribution is -1.90. The molecule has 0 saturated carbocycles. The van der Waals surface area contributed by atoms with E-state index in [1.54, 1.807) is 24.7 Å². The highest BCUT2D eigenvalue weighted by atomic mass is 16.6. The quantitative estimate of drug-likeness (QED) is 0.434. The van der Waals surface area contributed by atoms with Gasteiger partial charge in [0.25, 0.3) is 0 Å². The van der Waals surface area contributed by atoms with Crippen LogP contribution in [0.5, 0.6) is 0 Å². The highest BCUT2D eigenvalue weighted by Crippen LogP contribution is 2.15. The number of aromatic nitrogens is 2. The Kier molecular flexibility index (Phi) is 5.10. The van der Waals surface area contributed by atoms with E-state index in [9.17, 15) is 0 Å². The van der Waals surface area contributed by atoms with E-state index in [1.165, 1.54) is 6.42 Å². The van der Waals surface area contributed by atoms with Gasteiger partial charge in [-0.25, -0.2) is 0 Å². The second-order valence-electron chi connectivity index (χ2n) is 4.13. The van der Waals surface area contributed by atoms with Crippen LogP contribution in [0.3, 0.4) is 0 Å². The van der Waals surface area contributed by atoms with Gasteiger partial charge in [-0.3, -0.25) is 4.98 Å². The van der Waals surface area contributed by atoms with Gasteiger partial charge in [0.2, 0.25) is 0 Å². The molecule has 19 heavy (non-hydrogen) atoms. The van der Waals surface area contributed by atoms with E-state index in [4.69, 9.17) is 9.36 Å². The van der Waals surface area contributed by atoms with E-state index in [-0.39, 0.29) is 0 Å². The Balaban J connectivity index is 1.81. The fourth-order valence-corrected chi connectivity index (χ4v) is 1.52. The second kappa shape index (κ2) is 7.31. The number of hydrogen-bond donors (Lipinski definition) is 0. The van der Waals surface area contributed by atoms with Crippen molar-refractivity contribution in [3.05, 3.63) is 36.2 Å². The van der Waals surface area contributed by atoms with Crippen LogP contribution in [0.25, 0.3) is 11.5 Å². The molecule has 0 spiro atoms. The summed E-state index contributed by atoms with van der Waals surface area (Å²) in [5.74, 6) is 0.657. The third-order valence-corrected chi connectivity index (χ3v) is 2.58. The number of oxime groups is 1. The molecule has 100 valence electrons. The molecule has 2 aromatic heterocycles. The molecule has 0 aliphatic carbocycles. The number of pyridine rings is 1. The summed E-state index contributed by atoms with van der Waals surface area (Å²) in [6.45, 7) is 2.57. The third kappa shape index (κ3) is 4.21. The lowest BCUT2D eigenvalue weighted by atomic mass is 10.2. The van der Waals surface area contributed by atoms with Crippen LogP contribution in [0.1, 0.15) is 31.7 Å². The molecule has 0 bridgehead atoms. The van der Waals surface area contributed by atoms with E-state index < -0.39 is 0 Å². The molecule has 0 saturated heterocycles. The van der Waals surface area contributed by atoms with Gasteiger partial charge in [0.1, 0.15) is 12.3 Å². The van der Waals surface area contributed by atoms with Crippen molar-refractivity contribution in [2.24, 2.45) is 5.16 Å². The van der Waals surface area contributed by atoms with Crippen LogP contribution in [-0.2, 0) is 11.4 Å². The van der Waals surface area contributed by atoms with Crippen molar-refractivity contribution in [3.63, 3.8) is 0 Å². The number of rotatable bonds is 7. The Labute approximate surface area is 112 Å². The first-order valence-corrected chi connectivity index (χ1v) is 6.40. The highest BCUT2D eigenvalue weighted by molar-refractivity contribution is 5.56. The lowest BCUT2D eigenvalue weighted by Gasteiger charge is -2.00. The van der Waals surface area contributed by atoms with Crippen LogP contribution in [0, 0.1) is 0 Å². The van der Waals surface area contributed by atoms with E-state index in [0.29, 0.717) is 12.4 Å².